The average molecular weight is 273 g/mol. The van der Waals surface area contributed by atoms with Gasteiger partial charge in [0.1, 0.15) is 0 Å². The van der Waals surface area contributed by atoms with E-state index < -0.39 is 0 Å². The molecule has 1 aliphatic carbocycles. The molecule has 0 saturated carbocycles. The minimum atomic E-state index is 0.469. The van der Waals surface area contributed by atoms with Crippen molar-refractivity contribution in [2.75, 3.05) is 6.54 Å². The normalized spacial score (nSPS) is 17.9. The van der Waals surface area contributed by atoms with Crippen LogP contribution in [0.5, 0.6) is 0 Å². The van der Waals surface area contributed by atoms with Crippen LogP contribution in [0.25, 0.3) is 0 Å². The van der Waals surface area contributed by atoms with Crippen molar-refractivity contribution in [1.29, 1.82) is 0 Å². The molecular formula is C19H31N. The van der Waals surface area contributed by atoms with Gasteiger partial charge in [-0.25, -0.2) is 0 Å². The number of rotatable bonds is 7. The lowest BCUT2D eigenvalue weighted by atomic mass is 9.89. The van der Waals surface area contributed by atoms with Gasteiger partial charge in [-0.1, -0.05) is 62.8 Å². The van der Waals surface area contributed by atoms with Crippen molar-refractivity contribution in [1.82, 2.24) is 5.32 Å². The van der Waals surface area contributed by atoms with E-state index in [1.54, 1.807) is 0 Å². The molecule has 0 aromatic carbocycles. The summed E-state index contributed by atoms with van der Waals surface area (Å²) >= 11 is 0. The zero-order chi connectivity index (χ0) is 15.1. The summed E-state index contributed by atoms with van der Waals surface area (Å²) in [5.41, 5.74) is 4.05. The lowest BCUT2D eigenvalue weighted by Gasteiger charge is -2.23. The molecule has 0 saturated heterocycles. The van der Waals surface area contributed by atoms with Crippen LogP contribution in [0.2, 0.25) is 0 Å². The van der Waals surface area contributed by atoms with Crippen LogP contribution in [0.4, 0.5) is 0 Å². The molecule has 1 aliphatic rings. The second-order valence-corrected chi connectivity index (χ2v) is 6.69. The molecule has 1 rings (SSSR count). The molecule has 1 heteroatoms. The van der Waals surface area contributed by atoms with E-state index >= 15 is 0 Å². The maximum absolute atomic E-state index is 4.00. The van der Waals surface area contributed by atoms with Gasteiger partial charge < -0.3 is 5.32 Å². The summed E-state index contributed by atoms with van der Waals surface area (Å²) in [5, 5.41) is 3.68. The predicted molar refractivity (Wildman–Crippen MR) is 90.8 cm³/mol. The van der Waals surface area contributed by atoms with E-state index in [0.717, 1.165) is 19.4 Å². The van der Waals surface area contributed by atoms with Crippen molar-refractivity contribution < 1.29 is 0 Å². The Morgan fingerprint density at radius 1 is 1.30 bits per heavy atom. The molecule has 0 aromatic heterocycles. The van der Waals surface area contributed by atoms with Gasteiger partial charge in [-0.05, 0) is 50.6 Å². The Labute approximate surface area is 125 Å². The molecule has 1 nitrogen and oxygen atoms in total. The Balaban J connectivity index is 2.62. The van der Waals surface area contributed by atoms with Gasteiger partial charge in [-0.3, -0.25) is 0 Å². The molecule has 0 bridgehead atoms. The first kappa shape index (κ1) is 17.0. The van der Waals surface area contributed by atoms with Crippen LogP contribution in [0.1, 0.15) is 47.5 Å². The molecule has 0 amide bonds. The zero-order valence-electron chi connectivity index (χ0n) is 13.9. The van der Waals surface area contributed by atoms with Gasteiger partial charge in [0, 0.05) is 6.04 Å². The fourth-order valence-electron chi connectivity index (χ4n) is 2.48. The minimum absolute atomic E-state index is 0.469. The topological polar surface area (TPSA) is 12.0 Å². The summed E-state index contributed by atoms with van der Waals surface area (Å²) in [6.45, 7) is 16.3. The zero-order valence-corrected chi connectivity index (χ0v) is 13.9. The third kappa shape index (κ3) is 6.38. The van der Waals surface area contributed by atoms with Crippen LogP contribution >= 0.6 is 0 Å². The molecule has 0 aromatic rings. The summed E-state index contributed by atoms with van der Waals surface area (Å²) in [4.78, 5) is 0. The molecule has 0 spiro atoms. The van der Waals surface area contributed by atoms with E-state index in [-0.39, 0.29) is 0 Å². The predicted octanol–water partition coefficient (Wildman–Crippen LogP) is 5.04. The highest BCUT2D eigenvalue weighted by Crippen LogP contribution is 2.24. The van der Waals surface area contributed by atoms with Crippen molar-refractivity contribution in [2.24, 2.45) is 11.8 Å². The Kier molecular flexibility index (Phi) is 7.01. The first-order valence-corrected chi connectivity index (χ1v) is 7.82. The summed E-state index contributed by atoms with van der Waals surface area (Å²) in [5.74, 6) is 1.27. The molecule has 112 valence electrons. The first-order valence-electron chi connectivity index (χ1n) is 7.82. The molecule has 20 heavy (non-hydrogen) atoms. The van der Waals surface area contributed by atoms with Crippen LogP contribution in [0.15, 0.2) is 47.6 Å². The summed E-state index contributed by atoms with van der Waals surface area (Å²) < 4.78 is 0. The number of hydrogen-bond donors (Lipinski definition) is 1. The highest BCUT2D eigenvalue weighted by Gasteiger charge is 2.14. The van der Waals surface area contributed by atoms with E-state index in [1.165, 1.54) is 16.7 Å². The van der Waals surface area contributed by atoms with E-state index in [0.29, 0.717) is 17.9 Å². The van der Waals surface area contributed by atoms with Gasteiger partial charge in [-0.15, -0.1) is 0 Å². The standard InChI is InChI=1S/C19H31N/c1-14(2)11-19(20-13-15(3)4)12-17(6)18-9-7-16(5)8-10-18/h7,9-11,15,17,19-20H,5,8,12-13H2,1-4,6H3/t17-,19?/m0/s1. The summed E-state index contributed by atoms with van der Waals surface area (Å²) in [6, 6.07) is 0.469. The average Bonchev–Trinajstić information content (AvgIpc) is 2.36. The van der Waals surface area contributed by atoms with E-state index in [2.05, 4.69) is 70.8 Å². The van der Waals surface area contributed by atoms with Gasteiger partial charge >= 0.3 is 0 Å². The third-order valence-electron chi connectivity index (χ3n) is 3.61. The van der Waals surface area contributed by atoms with Crippen molar-refractivity contribution in [3.8, 4) is 0 Å². The van der Waals surface area contributed by atoms with Crippen molar-refractivity contribution in [2.45, 2.75) is 53.5 Å². The monoisotopic (exact) mass is 273 g/mol. The Hall–Kier alpha value is -1.08. The molecule has 0 radical (unpaired) electrons. The molecule has 1 unspecified atom stereocenters. The fourth-order valence-corrected chi connectivity index (χ4v) is 2.48. The van der Waals surface area contributed by atoms with Crippen LogP contribution in [-0.4, -0.2) is 12.6 Å². The van der Waals surface area contributed by atoms with Gasteiger partial charge in [0.2, 0.25) is 0 Å². The smallest absolute Gasteiger partial charge is 0.0258 e. The Bertz CT molecular complexity index is 405. The third-order valence-corrected chi connectivity index (χ3v) is 3.61. The van der Waals surface area contributed by atoms with Crippen LogP contribution in [-0.2, 0) is 0 Å². The van der Waals surface area contributed by atoms with Crippen LogP contribution in [0, 0.1) is 11.8 Å². The van der Waals surface area contributed by atoms with Gasteiger partial charge in [0.15, 0.2) is 0 Å². The molecule has 0 fully saturated rings. The molecular weight excluding hydrogens is 242 g/mol. The van der Waals surface area contributed by atoms with Crippen molar-refractivity contribution in [3.63, 3.8) is 0 Å². The largest absolute Gasteiger partial charge is 0.310 e. The van der Waals surface area contributed by atoms with E-state index in [1.807, 2.05) is 0 Å². The lowest BCUT2D eigenvalue weighted by molar-refractivity contribution is 0.453. The second kappa shape index (κ2) is 8.26. The van der Waals surface area contributed by atoms with Gasteiger partial charge in [0.25, 0.3) is 0 Å². The maximum Gasteiger partial charge on any atom is 0.0258 e. The Morgan fingerprint density at radius 2 is 2.00 bits per heavy atom. The summed E-state index contributed by atoms with van der Waals surface area (Å²) in [7, 11) is 0. The van der Waals surface area contributed by atoms with Gasteiger partial charge in [-0.2, -0.15) is 0 Å². The fraction of sp³-hybridized carbons (Fsp3) is 0.579. The van der Waals surface area contributed by atoms with E-state index in [4.69, 9.17) is 0 Å². The Morgan fingerprint density at radius 3 is 2.50 bits per heavy atom. The molecule has 0 heterocycles. The molecule has 1 N–H and O–H groups in total. The van der Waals surface area contributed by atoms with Gasteiger partial charge in [0.05, 0.1) is 0 Å². The summed E-state index contributed by atoms with van der Waals surface area (Å²) in [6.07, 6.45) is 11.2. The molecule has 2 atom stereocenters. The lowest BCUT2D eigenvalue weighted by Crippen LogP contribution is -2.32. The van der Waals surface area contributed by atoms with Crippen LogP contribution < -0.4 is 5.32 Å². The van der Waals surface area contributed by atoms with Crippen molar-refractivity contribution >= 4 is 0 Å². The number of nitrogens with one attached hydrogen (secondary N) is 1. The quantitative estimate of drug-likeness (QED) is 0.641. The maximum atomic E-state index is 4.00. The SMILES string of the molecule is C=C1C=CC([C@@H](C)CC(C=C(C)C)NCC(C)C)=CC1. The van der Waals surface area contributed by atoms with Crippen LogP contribution in [0.3, 0.4) is 0 Å². The molecule has 0 aliphatic heterocycles. The second-order valence-electron chi connectivity index (χ2n) is 6.69. The number of hydrogen-bond acceptors (Lipinski definition) is 1. The highest BCUT2D eigenvalue weighted by molar-refractivity contribution is 5.35. The minimum Gasteiger partial charge on any atom is -0.310 e. The van der Waals surface area contributed by atoms with Crippen molar-refractivity contribution in [3.05, 3.63) is 47.6 Å². The number of allylic oxidation sites excluding steroid dienone is 6. The first-order chi connectivity index (χ1) is 9.38. The highest BCUT2D eigenvalue weighted by atomic mass is 14.9. The van der Waals surface area contributed by atoms with E-state index in [9.17, 15) is 0 Å².